The zero-order valence-electron chi connectivity index (χ0n) is 15.7. The molecule has 2 aromatic rings. The number of carbonyl (C=O) groups excluding carboxylic acids is 3. The number of halogens is 1. The van der Waals surface area contributed by atoms with E-state index in [1.165, 1.54) is 36.6 Å². The highest BCUT2D eigenvalue weighted by atomic mass is 19.1. The number of aryl methyl sites for hydroxylation is 2. The van der Waals surface area contributed by atoms with Crippen LogP contribution in [0.1, 0.15) is 46.8 Å². The minimum Gasteiger partial charge on any atom is -0.457 e. The number of esters is 1. The molecule has 0 spiro atoms. The molecule has 0 heterocycles. The second kappa shape index (κ2) is 8.78. The van der Waals surface area contributed by atoms with Gasteiger partial charge in [0.1, 0.15) is 5.82 Å². The SMILES string of the molecule is CC(=O)Nc1ccc(C(=O)COC(=O)Cc2ccc3c(c2)CCCC3)c(F)c1. The van der Waals surface area contributed by atoms with E-state index in [2.05, 4.69) is 5.32 Å². The summed E-state index contributed by atoms with van der Waals surface area (Å²) in [5, 5.41) is 2.44. The number of ketones is 1. The highest BCUT2D eigenvalue weighted by Crippen LogP contribution is 2.22. The van der Waals surface area contributed by atoms with Gasteiger partial charge in [-0.2, -0.15) is 0 Å². The summed E-state index contributed by atoms with van der Waals surface area (Å²) in [6.07, 6.45) is 4.51. The first-order valence-corrected chi connectivity index (χ1v) is 9.29. The van der Waals surface area contributed by atoms with Crippen LogP contribution in [0.25, 0.3) is 0 Å². The second-order valence-corrected chi connectivity index (χ2v) is 6.95. The number of rotatable bonds is 6. The Bertz CT molecular complexity index is 923. The number of benzene rings is 2. The summed E-state index contributed by atoms with van der Waals surface area (Å²) in [4.78, 5) is 35.2. The topological polar surface area (TPSA) is 72.5 Å². The number of fused-ring (bicyclic) bond motifs is 1. The first kappa shape index (κ1) is 19.7. The number of carbonyl (C=O) groups is 3. The average Bonchev–Trinajstić information content (AvgIpc) is 2.65. The quantitative estimate of drug-likeness (QED) is 0.611. The number of hydrogen-bond donors (Lipinski definition) is 1. The summed E-state index contributed by atoms with van der Waals surface area (Å²) in [5.74, 6) is -2.28. The van der Waals surface area contributed by atoms with Crippen LogP contribution in [0, 0.1) is 5.82 Å². The lowest BCUT2D eigenvalue weighted by Crippen LogP contribution is -2.17. The van der Waals surface area contributed by atoms with Crippen LogP contribution >= 0.6 is 0 Å². The normalized spacial score (nSPS) is 12.8. The molecule has 5 nitrogen and oxygen atoms in total. The fraction of sp³-hybridized carbons (Fsp3) is 0.318. The van der Waals surface area contributed by atoms with Crippen LogP contribution in [0.3, 0.4) is 0 Å². The number of anilines is 1. The van der Waals surface area contributed by atoms with Crippen LogP contribution in [-0.4, -0.2) is 24.3 Å². The Morgan fingerprint density at radius 1 is 1.04 bits per heavy atom. The lowest BCUT2D eigenvalue weighted by atomic mass is 9.90. The largest absolute Gasteiger partial charge is 0.457 e. The second-order valence-electron chi connectivity index (χ2n) is 6.95. The molecule has 0 aromatic heterocycles. The van der Waals surface area contributed by atoms with Gasteiger partial charge in [-0.25, -0.2) is 4.39 Å². The van der Waals surface area contributed by atoms with Crippen molar-refractivity contribution in [1.82, 2.24) is 0 Å². The number of hydrogen-bond acceptors (Lipinski definition) is 4. The summed E-state index contributed by atoms with van der Waals surface area (Å²) >= 11 is 0. The molecule has 6 heteroatoms. The molecule has 2 aromatic carbocycles. The third-order valence-corrected chi connectivity index (χ3v) is 4.72. The van der Waals surface area contributed by atoms with Crippen molar-refractivity contribution in [3.05, 3.63) is 64.5 Å². The van der Waals surface area contributed by atoms with Crippen LogP contribution in [-0.2, 0) is 33.6 Å². The Hall–Kier alpha value is -3.02. The molecule has 0 saturated carbocycles. The predicted molar refractivity (Wildman–Crippen MR) is 103 cm³/mol. The Balaban J connectivity index is 1.55. The smallest absolute Gasteiger partial charge is 0.310 e. The molecule has 3 rings (SSSR count). The van der Waals surface area contributed by atoms with E-state index in [1.807, 2.05) is 18.2 Å². The van der Waals surface area contributed by atoms with Crippen molar-refractivity contribution < 1.29 is 23.5 Å². The zero-order chi connectivity index (χ0) is 20.1. The zero-order valence-corrected chi connectivity index (χ0v) is 15.7. The Morgan fingerprint density at radius 2 is 1.79 bits per heavy atom. The first-order chi connectivity index (χ1) is 13.4. The van der Waals surface area contributed by atoms with Crippen LogP contribution in [0.5, 0.6) is 0 Å². The van der Waals surface area contributed by atoms with Crippen molar-refractivity contribution in [3.63, 3.8) is 0 Å². The average molecular weight is 383 g/mol. The highest BCUT2D eigenvalue weighted by Gasteiger charge is 2.16. The maximum Gasteiger partial charge on any atom is 0.310 e. The van der Waals surface area contributed by atoms with Gasteiger partial charge in [-0.15, -0.1) is 0 Å². The molecule has 0 atom stereocenters. The summed E-state index contributed by atoms with van der Waals surface area (Å²) in [7, 11) is 0. The molecule has 0 saturated heterocycles. The molecule has 0 aliphatic heterocycles. The number of amides is 1. The van der Waals surface area contributed by atoms with E-state index in [9.17, 15) is 18.8 Å². The van der Waals surface area contributed by atoms with Gasteiger partial charge in [-0.05, 0) is 60.6 Å². The van der Waals surface area contributed by atoms with Crippen LogP contribution in [0.15, 0.2) is 36.4 Å². The van der Waals surface area contributed by atoms with E-state index in [0.717, 1.165) is 30.9 Å². The number of ether oxygens (including phenoxy) is 1. The fourth-order valence-electron chi connectivity index (χ4n) is 3.36. The Kier molecular flexibility index (Phi) is 6.19. The van der Waals surface area contributed by atoms with Crippen LogP contribution in [0.2, 0.25) is 0 Å². The third-order valence-electron chi connectivity index (χ3n) is 4.72. The fourth-order valence-corrected chi connectivity index (χ4v) is 3.36. The lowest BCUT2D eigenvalue weighted by molar-refractivity contribution is -0.141. The summed E-state index contributed by atoms with van der Waals surface area (Å²) in [6.45, 7) is 0.777. The van der Waals surface area contributed by atoms with Gasteiger partial charge in [0.15, 0.2) is 6.61 Å². The molecule has 146 valence electrons. The minimum atomic E-state index is -0.776. The van der Waals surface area contributed by atoms with Crippen molar-refractivity contribution in [2.75, 3.05) is 11.9 Å². The Labute approximate surface area is 162 Å². The van der Waals surface area contributed by atoms with Crippen molar-refractivity contribution in [3.8, 4) is 0 Å². The molecule has 1 N–H and O–H groups in total. The molecule has 0 bridgehead atoms. The van der Waals surface area contributed by atoms with E-state index in [-0.39, 0.29) is 23.6 Å². The van der Waals surface area contributed by atoms with Gasteiger partial charge in [0.2, 0.25) is 11.7 Å². The van der Waals surface area contributed by atoms with Gasteiger partial charge in [-0.1, -0.05) is 18.2 Å². The standard InChI is InChI=1S/C22H22FNO4/c1-14(25)24-18-8-9-19(20(23)12-18)21(26)13-28-22(27)11-15-6-7-16-4-2-3-5-17(16)10-15/h6-10,12H,2-5,11,13H2,1H3,(H,24,25). The van der Waals surface area contributed by atoms with Gasteiger partial charge in [0.05, 0.1) is 12.0 Å². The molecule has 0 radical (unpaired) electrons. The monoisotopic (exact) mass is 383 g/mol. The number of Topliss-reactive ketones (excluding diaryl/α,β-unsaturated/α-hetero) is 1. The molecule has 1 amide bonds. The van der Waals surface area contributed by atoms with Crippen LogP contribution < -0.4 is 5.32 Å². The molecule has 0 unspecified atom stereocenters. The Morgan fingerprint density at radius 3 is 2.50 bits per heavy atom. The third kappa shape index (κ3) is 5.03. The van der Waals surface area contributed by atoms with E-state index >= 15 is 0 Å². The molecule has 1 aliphatic rings. The van der Waals surface area contributed by atoms with Crippen LogP contribution in [0.4, 0.5) is 10.1 Å². The maximum absolute atomic E-state index is 14.1. The van der Waals surface area contributed by atoms with Gasteiger partial charge >= 0.3 is 5.97 Å². The summed E-state index contributed by atoms with van der Waals surface area (Å²) < 4.78 is 19.1. The maximum atomic E-state index is 14.1. The van der Waals surface area contributed by atoms with Crippen molar-refractivity contribution in [2.45, 2.75) is 39.0 Å². The highest BCUT2D eigenvalue weighted by molar-refractivity contribution is 5.99. The van der Waals surface area contributed by atoms with E-state index in [4.69, 9.17) is 4.74 Å². The van der Waals surface area contributed by atoms with E-state index in [1.54, 1.807) is 0 Å². The lowest BCUT2D eigenvalue weighted by Gasteiger charge is -2.16. The first-order valence-electron chi connectivity index (χ1n) is 9.29. The van der Waals surface area contributed by atoms with E-state index < -0.39 is 24.2 Å². The molecular formula is C22H22FNO4. The predicted octanol–water partition coefficient (Wildman–Crippen LogP) is 3.63. The van der Waals surface area contributed by atoms with Crippen molar-refractivity contribution >= 4 is 23.3 Å². The summed E-state index contributed by atoms with van der Waals surface area (Å²) in [5.41, 5.74) is 3.52. The molecule has 28 heavy (non-hydrogen) atoms. The minimum absolute atomic E-state index is 0.0739. The molecule has 0 fully saturated rings. The van der Waals surface area contributed by atoms with Gasteiger partial charge in [-0.3, -0.25) is 14.4 Å². The van der Waals surface area contributed by atoms with Gasteiger partial charge < -0.3 is 10.1 Å². The van der Waals surface area contributed by atoms with Gasteiger partial charge in [0.25, 0.3) is 0 Å². The summed E-state index contributed by atoms with van der Waals surface area (Å²) in [6, 6.07) is 9.73. The van der Waals surface area contributed by atoms with Crippen molar-refractivity contribution in [1.29, 1.82) is 0 Å². The molecule has 1 aliphatic carbocycles. The number of nitrogens with one attached hydrogen (secondary N) is 1. The van der Waals surface area contributed by atoms with Crippen molar-refractivity contribution in [2.24, 2.45) is 0 Å². The molecular weight excluding hydrogens is 361 g/mol. The van der Waals surface area contributed by atoms with E-state index in [0.29, 0.717) is 0 Å². The van der Waals surface area contributed by atoms with Gasteiger partial charge in [0, 0.05) is 12.6 Å².